The molecule has 1 heterocycles. The van der Waals surface area contributed by atoms with Crippen LogP contribution in [0.25, 0.3) is 0 Å². The number of carbonyl (C=O) groups excluding carboxylic acids is 2. The van der Waals surface area contributed by atoms with Gasteiger partial charge in [-0.2, -0.15) is 0 Å². The zero-order chi connectivity index (χ0) is 21.4. The van der Waals surface area contributed by atoms with Gasteiger partial charge in [-0.1, -0.05) is 43.7 Å². The van der Waals surface area contributed by atoms with Crippen LogP contribution in [0.15, 0.2) is 48.8 Å². The molecule has 2 N–H and O–H groups in total. The lowest BCUT2D eigenvalue weighted by Gasteiger charge is -2.13. The molecule has 6 nitrogen and oxygen atoms in total. The number of aromatic nitrogens is 1. The third-order valence-electron chi connectivity index (χ3n) is 3.68. The number of anilines is 1. The number of hydrogen-bond acceptors (Lipinski definition) is 5. The molecule has 1 aromatic heterocycles. The molecular weight excluding hydrogens is 352 g/mol. The van der Waals surface area contributed by atoms with Crippen molar-refractivity contribution in [1.29, 1.82) is 0 Å². The van der Waals surface area contributed by atoms with Gasteiger partial charge in [-0.15, -0.1) is 0 Å². The van der Waals surface area contributed by atoms with Gasteiger partial charge in [-0.05, 0) is 38.8 Å². The van der Waals surface area contributed by atoms with Crippen LogP contribution in [0.1, 0.15) is 49.5 Å². The smallest absolute Gasteiger partial charge is 0.209 e. The molecule has 0 atom stereocenters. The number of amides is 1. The maximum absolute atomic E-state index is 10.8. The third kappa shape index (κ3) is 11.8. The van der Waals surface area contributed by atoms with E-state index in [1.807, 2.05) is 43.3 Å². The van der Waals surface area contributed by atoms with Crippen LogP contribution in [0.4, 0.5) is 5.69 Å². The summed E-state index contributed by atoms with van der Waals surface area (Å²) in [6, 6.07) is 11.3. The van der Waals surface area contributed by atoms with E-state index in [-0.39, 0.29) is 5.78 Å². The van der Waals surface area contributed by atoms with Gasteiger partial charge in [0.1, 0.15) is 0 Å². The quantitative estimate of drug-likeness (QED) is 0.338. The molecule has 0 aliphatic carbocycles. The van der Waals surface area contributed by atoms with Crippen LogP contribution in [0.3, 0.4) is 0 Å². The Morgan fingerprint density at radius 2 is 1.68 bits per heavy atom. The van der Waals surface area contributed by atoms with Crippen LogP contribution in [-0.4, -0.2) is 42.2 Å². The fourth-order valence-electron chi connectivity index (χ4n) is 2.14. The maximum atomic E-state index is 10.8. The number of carbonyl (C=O) groups is 2. The Hall–Kier alpha value is -2.73. The van der Waals surface area contributed by atoms with Crippen molar-refractivity contribution in [2.24, 2.45) is 5.84 Å². The number of rotatable bonds is 7. The van der Waals surface area contributed by atoms with Crippen molar-refractivity contribution < 1.29 is 9.59 Å². The van der Waals surface area contributed by atoms with Gasteiger partial charge in [0.05, 0.1) is 11.9 Å². The summed E-state index contributed by atoms with van der Waals surface area (Å²) in [4.78, 5) is 26.7. The molecule has 154 valence electrons. The molecule has 0 saturated carbocycles. The van der Waals surface area contributed by atoms with Crippen LogP contribution < -0.4 is 10.9 Å². The largest absolute Gasteiger partial charge is 0.345 e. The zero-order valence-corrected chi connectivity index (χ0v) is 17.8. The summed E-state index contributed by atoms with van der Waals surface area (Å²) in [5, 5.41) is 1.52. The molecule has 2 rings (SSSR count). The fourth-order valence-corrected chi connectivity index (χ4v) is 2.14. The number of nitrogens with two attached hydrogens (primary N) is 1. The van der Waals surface area contributed by atoms with Crippen LogP contribution in [0.2, 0.25) is 0 Å². The van der Waals surface area contributed by atoms with Crippen molar-refractivity contribution in [2.75, 3.05) is 25.1 Å². The molecule has 1 amide bonds. The Bertz CT molecular complexity index is 652. The summed E-state index contributed by atoms with van der Waals surface area (Å²) in [5.74, 6) is 5.53. The predicted octanol–water partition coefficient (Wildman–Crippen LogP) is 3.85. The normalized spacial score (nSPS) is 9.21. The summed E-state index contributed by atoms with van der Waals surface area (Å²) in [5.41, 5.74) is 2.88. The van der Waals surface area contributed by atoms with Crippen molar-refractivity contribution in [1.82, 2.24) is 9.88 Å². The zero-order valence-electron chi connectivity index (χ0n) is 17.8. The maximum Gasteiger partial charge on any atom is 0.209 e. The van der Waals surface area contributed by atoms with Crippen LogP contribution >= 0.6 is 0 Å². The number of ketones is 1. The van der Waals surface area contributed by atoms with Crippen molar-refractivity contribution in [3.8, 4) is 0 Å². The molecule has 0 fully saturated rings. The van der Waals surface area contributed by atoms with E-state index >= 15 is 0 Å². The second kappa shape index (κ2) is 15.3. The molecule has 6 heteroatoms. The fraction of sp³-hybridized carbons (Fsp3) is 0.409. The van der Waals surface area contributed by atoms with Gasteiger partial charge in [-0.3, -0.25) is 14.6 Å². The molecule has 0 aliphatic rings. The summed E-state index contributed by atoms with van der Waals surface area (Å²) >= 11 is 0. The average Bonchev–Trinajstić information content (AvgIpc) is 2.70. The number of benzene rings is 1. The Morgan fingerprint density at radius 1 is 1.11 bits per heavy atom. The first kappa shape index (κ1) is 25.3. The van der Waals surface area contributed by atoms with Gasteiger partial charge >= 0.3 is 0 Å². The van der Waals surface area contributed by atoms with Crippen LogP contribution in [0, 0.1) is 6.92 Å². The second-order valence-electron chi connectivity index (χ2n) is 6.39. The van der Waals surface area contributed by atoms with E-state index in [1.54, 1.807) is 31.3 Å². The molecule has 0 unspecified atom stereocenters. The highest BCUT2D eigenvalue weighted by Gasteiger charge is 1.95. The van der Waals surface area contributed by atoms with E-state index in [0.717, 1.165) is 43.6 Å². The highest BCUT2D eigenvalue weighted by Crippen LogP contribution is 2.03. The Balaban J connectivity index is 0.000000392. The van der Waals surface area contributed by atoms with Crippen molar-refractivity contribution in [3.63, 3.8) is 0 Å². The number of hydrazine groups is 1. The topological polar surface area (TPSA) is 79.5 Å². The van der Waals surface area contributed by atoms with Crippen molar-refractivity contribution in [2.45, 2.75) is 40.5 Å². The van der Waals surface area contributed by atoms with Crippen molar-refractivity contribution >= 4 is 17.9 Å². The first-order valence-electron chi connectivity index (χ1n) is 9.51. The van der Waals surface area contributed by atoms with Gasteiger partial charge in [0.2, 0.25) is 6.41 Å². The molecule has 0 bridgehead atoms. The van der Waals surface area contributed by atoms with E-state index in [1.165, 1.54) is 10.6 Å². The lowest BCUT2D eigenvalue weighted by atomic mass is 10.1. The highest BCUT2D eigenvalue weighted by molar-refractivity contribution is 5.93. The standard InChI is InChI=1S/C9H10O.C7H15NO.C6H9N3/c1-7-3-5-9(6-4-7)8(2)10;1-3-5-8(7-9)6-4-2;1-9(7)6-3-2-4-8-5-6/h3-6H,1-2H3;7H,3-6H2,1-2H3;2-5H,7H2,1H3. The third-order valence-corrected chi connectivity index (χ3v) is 3.68. The number of aryl methyl sites for hydroxylation is 1. The minimum atomic E-state index is 0.125. The van der Waals surface area contributed by atoms with Crippen LogP contribution in [-0.2, 0) is 4.79 Å². The first-order valence-corrected chi connectivity index (χ1v) is 9.51. The number of hydrogen-bond donors (Lipinski definition) is 1. The number of Topliss-reactive ketones (excluding diaryl/α,β-unsaturated/α-hetero) is 1. The molecule has 0 saturated heterocycles. The van der Waals surface area contributed by atoms with Crippen molar-refractivity contribution in [3.05, 3.63) is 59.9 Å². The lowest BCUT2D eigenvalue weighted by molar-refractivity contribution is -0.118. The van der Waals surface area contributed by atoms with Gasteiger partial charge < -0.3 is 9.91 Å². The molecular formula is C22H34N4O2. The number of nitrogens with zero attached hydrogens (tertiary/aromatic N) is 3. The van der Waals surface area contributed by atoms with E-state index in [2.05, 4.69) is 18.8 Å². The number of pyridine rings is 1. The Kier molecular flexibility index (Phi) is 13.8. The van der Waals surface area contributed by atoms with E-state index < -0.39 is 0 Å². The predicted molar refractivity (Wildman–Crippen MR) is 116 cm³/mol. The van der Waals surface area contributed by atoms with Gasteiger partial charge in [0.25, 0.3) is 0 Å². The molecule has 2 aromatic rings. The SMILES string of the molecule is CC(=O)c1ccc(C)cc1.CCCN(C=O)CCC.CN(N)c1cccnc1. The summed E-state index contributed by atoms with van der Waals surface area (Å²) in [6.45, 7) is 9.53. The van der Waals surface area contributed by atoms with Crippen LogP contribution in [0.5, 0.6) is 0 Å². The van der Waals surface area contributed by atoms with Gasteiger partial charge in [0.15, 0.2) is 5.78 Å². The minimum Gasteiger partial charge on any atom is -0.345 e. The van der Waals surface area contributed by atoms with E-state index in [0.29, 0.717) is 0 Å². The molecule has 0 radical (unpaired) electrons. The minimum absolute atomic E-state index is 0.125. The molecule has 0 spiro atoms. The lowest BCUT2D eigenvalue weighted by Crippen LogP contribution is -2.24. The highest BCUT2D eigenvalue weighted by atomic mass is 16.1. The van der Waals surface area contributed by atoms with Gasteiger partial charge in [0, 0.05) is 31.9 Å². The molecule has 0 aliphatic heterocycles. The second-order valence-corrected chi connectivity index (χ2v) is 6.39. The average molecular weight is 387 g/mol. The Morgan fingerprint density at radius 3 is 2.00 bits per heavy atom. The summed E-state index contributed by atoms with van der Waals surface area (Å²) in [6.07, 6.45) is 6.46. The summed E-state index contributed by atoms with van der Waals surface area (Å²) < 4.78 is 0. The Labute approximate surface area is 169 Å². The van der Waals surface area contributed by atoms with Gasteiger partial charge in [-0.25, -0.2) is 5.84 Å². The van der Waals surface area contributed by atoms with E-state index in [4.69, 9.17) is 5.84 Å². The monoisotopic (exact) mass is 386 g/mol. The summed E-state index contributed by atoms with van der Waals surface area (Å²) in [7, 11) is 1.77. The first-order chi connectivity index (χ1) is 13.3. The molecule has 28 heavy (non-hydrogen) atoms. The molecule has 1 aromatic carbocycles. The van der Waals surface area contributed by atoms with E-state index in [9.17, 15) is 9.59 Å².